The van der Waals surface area contributed by atoms with Crippen LogP contribution in [0.5, 0.6) is 0 Å². The highest BCUT2D eigenvalue weighted by molar-refractivity contribution is 6.12. The second-order valence-corrected chi connectivity index (χ2v) is 9.25. The van der Waals surface area contributed by atoms with Crippen LogP contribution in [0.3, 0.4) is 0 Å². The summed E-state index contributed by atoms with van der Waals surface area (Å²) in [7, 11) is 0. The molecular formula is C28H21N3O5. The van der Waals surface area contributed by atoms with Gasteiger partial charge in [-0.05, 0) is 34.9 Å². The van der Waals surface area contributed by atoms with Crippen LogP contribution in [0.15, 0.2) is 85.1 Å². The van der Waals surface area contributed by atoms with Crippen LogP contribution in [0.2, 0.25) is 0 Å². The minimum Gasteiger partial charge on any atom is -0.358 e. The molecular weight excluding hydrogens is 458 g/mol. The van der Waals surface area contributed by atoms with Crippen molar-refractivity contribution < 1.29 is 19.3 Å². The van der Waals surface area contributed by atoms with Crippen molar-refractivity contribution in [2.24, 2.45) is 11.8 Å². The van der Waals surface area contributed by atoms with Gasteiger partial charge < -0.3 is 4.90 Å². The molecule has 0 unspecified atom stereocenters. The number of ketones is 1. The fourth-order valence-electron chi connectivity index (χ4n) is 5.76. The minimum atomic E-state index is -0.900. The minimum absolute atomic E-state index is 0.123. The summed E-state index contributed by atoms with van der Waals surface area (Å²) in [6, 6.07) is 21.0. The lowest BCUT2D eigenvalue weighted by Crippen LogP contribution is -2.44. The third-order valence-corrected chi connectivity index (χ3v) is 7.37. The summed E-state index contributed by atoms with van der Waals surface area (Å²) in [5.41, 5.74) is 2.82. The molecule has 3 aromatic carbocycles. The number of hydrogen-bond acceptors (Lipinski definition) is 6. The van der Waals surface area contributed by atoms with Crippen LogP contribution in [0, 0.1) is 22.0 Å². The zero-order chi connectivity index (χ0) is 25.0. The van der Waals surface area contributed by atoms with Crippen molar-refractivity contribution in [3.63, 3.8) is 0 Å². The van der Waals surface area contributed by atoms with Gasteiger partial charge in [-0.25, -0.2) is 0 Å². The lowest BCUT2D eigenvalue weighted by atomic mass is 9.83. The Kier molecular flexibility index (Phi) is 5.03. The highest BCUT2D eigenvalue weighted by atomic mass is 16.6. The first kappa shape index (κ1) is 21.9. The Labute approximate surface area is 206 Å². The molecule has 0 N–H and O–H groups in total. The lowest BCUT2D eigenvalue weighted by Gasteiger charge is -2.35. The average Bonchev–Trinajstić information content (AvgIpc) is 3.37. The second-order valence-electron chi connectivity index (χ2n) is 9.25. The topological polar surface area (TPSA) is 101 Å². The third-order valence-electron chi connectivity index (χ3n) is 7.37. The van der Waals surface area contributed by atoms with Gasteiger partial charge in [0, 0.05) is 23.9 Å². The van der Waals surface area contributed by atoms with E-state index < -0.39 is 28.8 Å². The number of carbonyl (C=O) groups is 3. The monoisotopic (exact) mass is 479 g/mol. The van der Waals surface area contributed by atoms with E-state index in [1.165, 1.54) is 29.2 Å². The Morgan fingerprint density at radius 3 is 2.25 bits per heavy atom. The SMILES string of the molecule is O=C(c1ccc([N+](=O)[O-])cc1)[C@H]1[C@H]2C(=O)N(Cc3ccccc3)C(=O)[C@H]2[C@@H]2c3ccccc3C=CN12. The molecule has 0 radical (unpaired) electrons. The molecule has 3 aliphatic heterocycles. The number of amides is 2. The molecule has 8 heteroatoms. The molecule has 0 spiro atoms. The molecule has 3 aliphatic rings. The lowest BCUT2D eigenvalue weighted by molar-refractivity contribution is -0.384. The van der Waals surface area contributed by atoms with Crippen molar-refractivity contribution >= 4 is 29.4 Å². The number of nitro groups is 1. The van der Waals surface area contributed by atoms with Crippen LogP contribution in [0.1, 0.15) is 33.1 Å². The summed E-state index contributed by atoms with van der Waals surface area (Å²) in [5.74, 6) is -2.56. The summed E-state index contributed by atoms with van der Waals surface area (Å²) in [6.07, 6.45) is 3.68. The number of hydrogen-bond donors (Lipinski definition) is 0. The van der Waals surface area contributed by atoms with Crippen LogP contribution >= 0.6 is 0 Å². The first-order valence-corrected chi connectivity index (χ1v) is 11.7. The Bertz CT molecular complexity index is 1430. The number of carbonyl (C=O) groups excluding carboxylic acids is 3. The van der Waals surface area contributed by atoms with Crippen molar-refractivity contribution in [1.29, 1.82) is 0 Å². The van der Waals surface area contributed by atoms with E-state index in [4.69, 9.17) is 0 Å². The van der Waals surface area contributed by atoms with Gasteiger partial charge in [-0.3, -0.25) is 29.4 Å². The summed E-state index contributed by atoms with van der Waals surface area (Å²) >= 11 is 0. The maximum absolute atomic E-state index is 13.8. The van der Waals surface area contributed by atoms with E-state index in [1.807, 2.05) is 65.6 Å². The van der Waals surface area contributed by atoms with Gasteiger partial charge in [-0.15, -0.1) is 0 Å². The molecule has 4 atom stereocenters. The molecule has 0 saturated carbocycles. The molecule has 6 rings (SSSR count). The van der Waals surface area contributed by atoms with Crippen molar-refractivity contribution in [3.8, 4) is 0 Å². The quantitative estimate of drug-likeness (QED) is 0.237. The highest BCUT2D eigenvalue weighted by Gasteiger charge is 2.64. The van der Waals surface area contributed by atoms with Crippen LogP contribution in [0.4, 0.5) is 5.69 Å². The molecule has 0 aliphatic carbocycles. The molecule has 0 bridgehead atoms. The van der Waals surface area contributed by atoms with Crippen LogP contribution in [0.25, 0.3) is 6.08 Å². The fourth-order valence-corrected chi connectivity index (χ4v) is 5.76. The first-order valence-electron chi connectivity index (χ1n) is 11.7. The number of likely N-dealkylation sites (tertiary alicyclic amines) is 1. The number of non-ortho nitro benzene ring substituents is 1. The van der Waals surface area contributed by atoms with Crippen molar-refractivity contribution in [2.45, 2.75) is 18.6 Å². The fraction of sp³-hybridized carbons (Fsp3) is 0.179. The van der Waals surface area contributed by atoms with E-state index >= 15 is 0 Å². The number of Topliss-reactive ketones (excluding diaryl/α,β-unsaturated/α-hetero) is 1. The van der Waals surface area contributed by atoms with E-state index in [9.17, 15) is 24.5 Å². The van der Waals surface area contributed by atoms with Crippen LogP contribution < -0.4 is 0 Å². The number of fused-ring (bicyclic) bond motifs is 5. The molecule has 36 heavy (non-hydrogen) atoms. The van der Waals surface area contributed by atoms with Gasteiger partial charge in [0.1, 0.15) is 6.04 Å². The molecule has 3 aromatic rings. The Morgan fingerprint density at radius 2 is 1.53 bits per heavy atom. The maximum Gasteiger partial charge on any atom is 0.269 e. The van der Waals surface area contributed by atoms with Crippen molar-refractivity contribution in [1.82, 2.24) is 9.80 Å². The Balaban J connectivity index is 1.43. The van der Waals surface area contributed by atoms with Crippen molar-refractivity contribution in [2.75, 3.05) is 0 Å². The highest BCUT2D eigenvalue weighted by Crippen LogP contribution is 2.53. The predicted molar refractivity (Wildman–Crippen MR) is 130 cm³/mol. The van der Waals surface area contributed by atoms with Crippen LogP contribution in [-0.4, -0.2) is 38.4 Å². The zero-order valence-electron chi connectivity index (χ0n) is 19.1. The molecule has 2 saturated heterocycles. The number of nitro benzene ring substituents is 1. The van der Waals surface area contributed by atoms with E-state index in [0.29, 0.717) is 0 Å². The molecule has 2 fully saturated rings. The van der Waals surface area contributed by atoms with Gasteiger partial charge in [0.05, 0.1) is 29.3 Å². The van der Waals surface area contributed by atoms with Gasteiger partial charge in [0.15, 0.2) is 5.78 Å². The summed E-state index contributed by atoms with van der Waals surface area (Å²) < 4.78 is 0. The summed E-state index contributed by atoms with van der Waals surface area (Å²) in [5, 5.41) is 11.1. The third kappa shape index (κ3) is 3.25. The molecule has 2 amide bonds. The first-order chi connectivity index (χ1) is 17.5. The maximum atomic E-state index is 13.8. The van der Waals surface area contributed by atoms with Gasteiger partial charge in [-0.1, -0.05) is 54.6 Å². The molecule has 178 valence electrons. The number of benzene rings is 3. The van der Waals surface area contributed by atoms with E-state index in [0.717, 1.165) is 16.7 Å². The normalized spacial score (nSPS) is 23.9. The van der Waals surface area contributed by atoms with Crippen molar-refractivity contribution in [3.05, 3.63) is 117 Å². The number of rotatable bonds is 5. The number of imide groups is 1. The second kappa shape index (κ2) is 8.27. The van der Waals surface area contributed by atoms with E-state index in [-0.39, 0.29) is 35.4 Å². The van der Waals surface area contributed by atoms with E-state index in [1.54, 1.807) is 6.20 Å². The Hall–Kier alpha value is -4.59. The standard InChI is InChI=1S/C28H21N3O5/c32-26(19-10-12-20(13-11-19)31(35)36)25-23-22(24-21-9-5-4-8-18(21)14-15-29(24)25)27(33)30(28(23)34)16-17-6-2-1-3-7-17/h1-15,22-25H,16H2/t22-,23+,24+,25-/m1/s1. The summed E-state index contributed by atoms with van der Waals surface area (Å²) in [6.45, 7) is 0.147. The van der Waals surface area contributed by atoms with Gasteiger partial charge >= 0.3 is 0 Å². The van der Waals surface area contributed by atoms with Gasteiger partial charge in [0.2, 0.25) is 11.8 Å². The summed E-state index contributed by atoms with van der Waals surface area (Å²) in [4.78, 5) is 55.0. The van der Waals surface area contributed by atoms with E-state index in [2.05, 4.69) is 0 Å². The number of nitrogens with zero attached hydrogens (tertiary/aromatic N) is 3. The molecule has 3 heterocycles. The van der Waals surface area contributed by atoms with Gasteiger partial charge in [0.25, 0.3) is 5.69 Å². The smallest absolute Gasteiger partial charge is 0.269 e. The van der Waals surface area contributed by atoms with Crippen LogP contribution in [-0.2, 0) is 16.1 Å². The average molecular weight is 479 g/mol. The molecule has 8 nitrogen and oxygen atoms in total. The Morgan fingerprint density at radius 1 is 0.861 bits per heavy atom. The zero-order valence-corrected chi connectivity index (χ0v) is 19.1. The largest absolute Gasteiger partial charge is 0.358 e. The molecule has 0 aromatic heterocycles. The van der Waals surface area contributed by atoms with Gasteiger partial charge in [-0.2, -0.15) is 0 Å². The predicted octanol–water partition coefficient (Wildman–Crippen LogP) is 3.99.